The van der Waals surface area contributed by atoms with Crippen molar-refractivity contribution in [3.8, 4) is 5.75 Å². The summed E-state index contributed by atoms with van der Waals surface area (Å²) in [6.45, 7) is 2.38. The molecule has 22 heavy (non-hydrogen) atoms. The second-order valence-corrected chi connectivity index (χ2v) is 7.82. The van der Waals surface area contributed by atoms with E-state index in [0.29, 0.717) is 12.3 Å². The Bertz CT molecular complexity index is 628. The molecule has 0 amide bonds. The van der Waals surface area contributed by atoms with Crippen molar-refractivity contribution in [1.82, 2.24) is 9.21 Å². The third-order valence-corrected chi connectivity index (χ3v) is 6.34. The van der Waals surface area contributed by atoms with Crippen molar-refractivity contribution >= 4 is 10.0 Å². The van der Waals surface area contributed by atoms with Crippen LogP contribution in [-0.4, -0.2) is 68.2 Å². The number of β-amino-alcohol motifs (C(OH)–C–C–N with tert-alkyl or cyclic N) is 1. The maximum absolute atomic E-state index is 12.7. The van der Waals surface area contributed by atoms with E-state index in [1.54, 1.807) is 18.2 Å². The summed E-state index contributed by atoms with van der Waals surface area (Å²) in [7, 11) is -2.09. The summed E-state index contributed by atoms with van der Waals surface area (Å²) >= 11 is 0. The highest BCUT2D eigenvalue weighted by atomic mass is 32.2. The van der Waals surface area contributed by atoms with Gasteiger partial charge in [0.25, 0.3) is 0 Å². The van der Waals surface area contributed by atoms with Gasteiger partial charge < -0.3 is 9.84 Å². The summed E-state index contributed by atoms with van der Waals surface area (Å²) in [5.41, 5.74) is 0. The van der Waals surface area contributed by atoms with Crippen LogP contribution in [-0.2, 0) is 10.0 Å². The van der Waals surface area contributed by atoms with Crippen LogP contribution in [0.2, 0.25) is 0 Å². The summed E-state index contributed by atoms with van der Waals surface area (Å²) < 4.78 is 32.0. The van der Waals surface area contributed by atoms with E-state index in [-0.39, 0.29) is 17.5 Å². The lowest BCUT2D eigenvalue weighted by Crippen LogP contribution is -2.41. The number of rotatable bonds is 4. The van der Waals surface area contributed by atoms with Crippen molar-refractivity contribution in [1.29, 1.82) is 0 Å². The zero-order chi connectivity index (χ0) is 15.7. The van der Waals surface area contributed by atoms with Gasteiger partial charge in [-0.25, -0.2) is 8.42 Å². The zero-order valence-corrected chi connectivity index (χ0v) is 13.5. The van der Waals surface area contributed by atoms with Crippen molar-refractivity contribution in [2.75, 3.05) is 33.3 Å². The summed E-state index contributed by atoms with van der Waals surface area (Å²) in [6.07, 6.45) is 1.61. The largest absolute Gasteiger partial charge is 0.497 e. The van der Waals surface area contributed by atoms with Gasteiger partial charge in [0.05, 0.1) is 24.2 Å². The lowest BCUT2D eigenvalue weighted by molar-refractivity contribution is 0.0983. The Labute approximate surface area is 131 Å². The fraction of sp³-hybridized carbons (Fsp3) is 0.600. The van der Waals surface area contributed by atoms with Crippen molar-refractivity contribution in [3.05, 3.63) is 24.3 Å². The van der Waals surface area contributed by atoms with E-state index < -0.39 is 16.1 Å². The Morgan fingerprint density at radius 1 is 1.23 bits per heavy atom. The van der Waals surface area contributed by atoms with E-state index in [4.69, 9.17) is 4.74 Å². The van der Waals surface area contributed by atoms with Gasteiger partial charge in [-0.15, -0.1) is 0 Å². The molecule has 2 aliphatic heterocycles. The Morgan fingerprint density at radius 3 is 2.64 bits per heavy atom. The molecule has 2 saturated heterocycles. The van der Waals surface area contributed by atoms with Gasteiger partial charge in [0.1, 0.15) is 5.75 Å². The minimum Gasteiger partial charge on any atom is -0.497 e. The topological polar surface area (TPSA) is 70.1 Å². The summed E-state index contributed by atoms with van der Waals surface area (Å²) in [6, 6.07) is 6.36. The standard InChI is InChI=1S/C15H22N2O4S/c1-21-12-5-4-6-13(9-12)22(19,20)17-10-14(15(18)11-17)16-7-2-3-8-16/h4-6,9,14-15,18H,2-3,7-8,10-11H2,1H3/t14-,15-/m1/s1. The van der Waals surface area contributed by atoms with Gasteiger partial charge in [0.15, 0.2) is 0 Å². The van der Waals surface area contributed by atoms with Crippen LogP contribution in [0.4, 0.5) is 0 Å². The fourth-order valence-electron chi connectivity index (χ4n) is 3.27. The molecule has 2 heterocycles. The molecule has 0 radical (unpaired) electrons. The summed E-state index contributed by atoms with van der Waals surface area (Å²) in [5, 5.41) is 10.3. The first-order valence-electron chi connectivity index (χ1n) is 7.58. The number of aliphatic hydroxyl groups is 1. The smallest absolute Gasteiger partial charge is 0.243 e. The average molecular weight is 326 g/mol. The van der Waals surface area contributed by atoms with Gasteiger partial charge in [0, 0.05) is 19.2 Å². The van der Waals surface area contributed by atoms with Gasteiger partial charge in [-0.1, -0.05) is 6.07 Å². The third-order valence-electron chi connectivity index (χ3n) is 4.51. The predicted octanol–water partition coefficient (Wildman–Crippen LogP) is 0.525. The van der Waals surface area contributed by atoms with Gasteiger partial charge >= 0.3 is 0 Å². The summed E-state index contributed by atoms with van der Waals surface area (Å²) in [4.78, 5) is 2.41. The molecule has 122 valence electrons. The molecule has 0 unspecified atom stereocenters. The van der Waals surface area contributed by atoms with Crippen molar-refractivity contribution in [2.24, 2.45) is 0 Å². The SMILES string of the molecule is COc1cccc(S(=O)(=O)N2C[C@@H](O)[C@H](N3CCCC3)C2)c1. The molecule has 2 fully saturated rings. The zero-order valence-electron chi connectivity index (χ0n) is 12.7. The number of aliphatic hydroxyl groups excluding tert-OH is 1. The molecule has 6 nitrogen and oxygen atoms in total. The van der Waals surface area contributed by atoms with E-state index in [1.807, 2.05) is 0 Å². The van der Waals surface area contributed by atoms with Crippen LogP contribution < -0.4 is 4.74 Å². The van der Waals surface area contributed by atoms with Crippen LogP contribution in [0.3, 0.4) is 0 Å². The van der Waals surface area contributed by atoms with Gasteiger partial charge in [-0.2, -0.15) is 4.31 Å². The highest BCUT2D eigenvalue weighted by molar-refractivity contribution is 7.89. The number of sulfonamides is 1. The molecule has 2 atom stereocenters. The van der Waals surface area contributed by atoms with Crippen LogP contribution in [0.5, 0.6) is 5.75 Å². The van der Waals surface area contributed by atoms with E-state index in [2.05, 4.69) is 4.90 Å². The molecule has 3 rings (SSSR count). The van der Waals surface area contributed by atoms with Crippen LogP contribution in [0, 0.1) is 0 Å². The van der Waals surface area contributed by atoms with E-state index >= 15 is 0 Å². The first-order valence-corrected chi connectivity index (χ1v) is 9.02. The van der Waals surface area contributed by atoms with Crippen LogP contribution in [0.15, 0.2) is 29.2 Å². The number of hydrogen-bond acceptors (Lipinski definition) is 5. The lowest BCUT2D eigenvalue weighted by atomic mass is 10.2. The van der Waals surface area contributed by atoms with Crippen molar-refractivity contribution in [3.63, 3.8) is 0 Å². The first kappa shape index (κ1) is 15.7. The molecule has 0 aromatic heterocycles. The second-order valence-electron chi connectivity index (χ2n) is 5.88. The highest BCUT2D eigenvalue weighted by Gasteiger charge is 2.41. The lowest BCUT2D eigenvalue weighted by Gasteiger charge is -2.25. The molecule has 1 N–H and O–H groups in total. The molecule has 0 bridgehead atoms. The van der Waals surface area contributed by atoms with E-state index in [9.17, 15) is 13.5 Å². The quantitative estimate of drug-likeness (QED) is 0.874. The number of methoxy groups -OCH3 is 1. The maximum Gasteiger partial charge on any atom is 0.243 e. The minimum absolute atomic E-state index is 0.0946. The Kier molecular flexibility index (Phi) is 4.40. The first-order chi connectivity index (χ1) is 10.5. The number of ether oxygens (including phenoxy) is 1. The van der Waals surface area contributed by atoms with Crippen molar-refractivity contribution < 1.29 is 18.3 Å². The number of benzene rings is 1. The second kappa shape index (κ2) is 6.16. The normalized spacial score (nSPS) is 27.4. The Morgan fingerprint density at radius 2 is 1.95 bits per heavy atom. The monoisotopic (exact) mass is 326 g/mol. The van der Waals surface area contributed by atoms with Gasteiger partial charge in [-0.3, -0.25) is 4.90 Å². The van der Waals surface area contributed by atoms with E-state index in [0.717, 1.165) is 25.9 Å². The molecule has 0 spiro atoms. The maximum atomic E-state index is 12.7. The number of likely N-dealkylation sites (tertiary alicyclic amines) is 1. The van der Waals surface area contributed by atoms with Crippen LogP contribution in [0.1, 0.15) is 12.8 Å². The van der Waals surface area contributed by atoms with Gasteiger partial charge in [0.2, 0.25) is 10.0 Å². The molecule has 7 heteroatoms. The number of hydrogen-bond donors (Lipinski definition) is 1. The van der Waals surface area contributed by atoms with Crippen LogP contribution in [0.25, 0.3) is 0 Å². The van der Waals surface area contributed by atoms with Crippen LogP contribution >= 0.6 is 0 Å². The molecular weight excluding hydrogens is 304 g/mol. The predicted molar refractivity (Wildman–Crippen MR) is 82.4 cm³/mol. The average Bonchev–Trinajstić information content (AvgIpc) is 3.16. The number of nitrogens with zero attached hydrogens (tertiary/aromatic N) is 2. The van der Waals surface area contributed by atoms with E-state index in [1.165, 1.54) is 17.5 Å². The molecule has 1 aromatic carbocycles. The Hall–Kier alpha value is -1.15. The molecule has 2 aliphatic rings. The highest BCUT2D eigenvalue weighted by Crippen LogP contribution is 2.27. The summed E-state index contributed by atoms with van der Waals surface area (Å²) in [5.74, 6) is 0.511. The van der Waals surface area contributed by atoms with Crippen molar-refractivity contribution in [2.45, 2.75) is 29.9 Å². The molecular formula is C15H22N2O4S. The Balaban J connectivity index is 1.80. The van der Waals surface area contributed by atoms with Gasteiger partial charge in [-0.05, 0) is 38.1 Å². The third kappa shape index (κ3) is 2.86. The molecule has 0 aliphatic carbocycles. The molecule has 1 aromatic rings. The minimum atomic E-state index is -3.60. The molecule has 0 saturated carbocycles. The fourth-order valence-corrected chi connectivity index (χ4v) is 4.79.